The van der Waals surface area contributed by atoms with E-state index in [0.29, 0.717) is 0 Å². The second-order valence-electron chi connectivity index (χ2n) is 8.34. The lowest BCUT2D eigenvalue weighted by molar-refractivity contribution is -0.135. The molecule has 0 radical (unpaired) electrons. The Morgan fingerprint density at radius 3 is 2.31 bits per heavy atom. The van der Waals surface area contributed by atoms with Gasteiger partial charge in [-0.05, 0) is 58.8 Å². The van der Waals surface area contributed by atoms with Gasteiger partial charge in [-0.15, -0.1) is 0 Å². The van der Waals surface area contributed by atoms with Crippen molar-refractivity contribution in [3.63, 3.8) is 0 Å². The summed E-state index contributed by atoms with van der Waals surface area (Å²) in [5, 5.41) is 3.45. The van der Waals surface area contributed by atoms with Crippen LogP contribution in [0.2, 0.25) is 0 Å². The van der Waals surface area contributed by atoms with Gasteiger partial charge in [0, 0.05) is 44.0 Å². The summed E-state index contributed by atoms with van der Waals surface area (Å²) < 4.78 is 0. The summed E-state index contributed by atoms with van der Waals surface area (Å²) in [6, 6.07) is 6.04. The third-order valence-corrected chi connectivity index (χ3v) is 6.41. The zero-order chi connectivity index (χ0) is 18.9. The third kappa shape index (κ3) is 3.74. The van der Waals surface area contributed by atoms with E-state index in [1.54, 1.807) is 0 Å². The summed E-state index contributed by atoms with van der Waals surface area (Å²) in [4.78, 5) is 20.0. The summed E-state index contributed by atoms with van der Waals surface area (Å²) in [6.07, 6.45) is 2.13. The number of rotatable bonds is 3. The number of amides is 1. The highest BCUT2D eigenvalue weighted by Gasteiger charge is 2.42. The number of nitrogens with one attached hydrogen (secondary N) is 1. The molecule has 0 bridgehead atoms. The Bertz CT molecular complexity index is 631. The molecule has 1 atom stereocenters. The van der Waals surface area contributed by atoms with Gasteiger partial charge in [0.05, 0.1) is 0 Å². The molecule has 2 aliphatic rings. The SMILES string of the molecule is Cc1cccc(C)c1N[C@@H](C)C(=O)N1CCC2(CC1)CN(C)CCN2C. The lowest BCUT2D eigenvalue weighted by atomic mass is 9.83. The lowest BCUT2D eigenvalue weighted by Gasteiger charge is -2.52. The van der Waals surface area contributed by atoms with Crippen LogP contribution < -0.4 is 5.32 Å². The van der Waals surface area contributed by atoms with E-state index in [2.05, 4.69) is 66.2 Å². The van der Waals surface area contributed by atoms with Crippen molar-refractivity contribution in [2.75, 3.05) is 52.1 Å². The van der Waals surface area contributed by atoms with E-state index in [9.17, 15) is 4.79 Å². The van der Waals surface area contributed by atoms with E-state index in [-0.39, 0.29) is 17.5 Å². The van der Waals surface area contributed by atoms with Crippen molar-refractivity contribution in [1.82, 2.24) is 14.7 Å². The molecule has 0 unspecified atom stereocenters. The molecule has 2 aliphatic heterocycles. The molecule has 0 aliphatic carbocycles. The average Bonchev–Trinajstić information content (AvgIpc) is 2.62. The number of likely N-dealkylation sites (N-methyl/N-ethyl adjacent to an activating group) is 2. The van der Waals surface area contributed by atoms with Crippen LogP contribution in [-0.4, -0.2) is 79.0 Å². The molecule has 3 rings (SSSR count). The minimum absolute atomic E-state index is 0.199. The molecule has 0 saturated carbocycles. The van der Waals surface area contributed by atoms with Crippen molar-refractivity contribution in [3.8, 4) is 0 Å². The Labute approximate surface area is 158 Å². The number of likely N-dealkylation sites (tertiary alicyclic amines) is 1. The molecule has 5 heteroatoms. The molecule has 1 N–H and O–H groups in total. The topological polar surface area (TPSA) is 38.8 Å². The third-order valence-electron chi connectivity index (χ3n) is 6.41. The highest BCUT2D eigenvalue weighted by molar-refractivity contribution is 5.85. The van der Waals surface area contributed by atoms with Gasteiger partial charge in [0.2, 0.25) is 5.91 Å². The molecule has 5 nitrogen and oxygen atoms in total. The summed E-state index contributed by atoms with van der Waals surface area (Å²) >= 11 is 0. The van der Waals surface area contributed by atoms with Gasteiger partial charge in [0.1, 0.15) is 6.04 Å². The Kier molecular flexibility index (Phi) is 5.58. The van der Waals surface area contributed by atoms with Gasteiger partial charge in [0.15, 0.2) is 0 Å². The van der Waals surface area contributed by atoms with Crippen LogP contribution in [0, 0.1) is 13.8 Å². The minimum atomic E-state index is -0.199. The van der Waals surface area contributed by atoms with Crippen LogP contribution in [0.4, 0.5) is 5.69 Å². The molecule has 2 saturated heterocycles. The molecule has 2 fully saturated rings. The second-order valence-corrected chi connectivity index (χ2v) is 8.34. The van der Waals surface area contributed by atoms with Crippen LogP contribution in [-0.2, 0) is 4.79 Å². The molecule has 0 aromatic heterocycles. The van der Waals surface area contributed by atoms with E-state index < -0.39 is 0 Å². The molecule has 2 heterocycles. The standard InChI is InChI=1S/C21H34N4O/c1-16-7-6-8-17(2)19(16)22-18(3)20(26)25-11-9-21(10-12-25)15-23(4)13-14-24(21)5/h6-8,18,22H,9-15H2,1-5H3/t18-/m0/s1. The van der Waals surface area contributed by atoms with Crippen molar-refractivity contribution in [3.05, 3.63) is 29.3 Å². The normalized spacial score (nSPS) is 22.4. The summed E-state index contributed by atoms with van der Waals surface area (Å²) in [5.41, 5.74) is 3.71. The predicted molar refractivity (Wildman–Crippen MR) is 108 cm³/mol. The first-order valence-electron chi connectivity index (χ1n) is 9.84. The molecule has 1 aromatic carbocycles. The average molecular weight is 359 g/mol. The van der Waals surface area contributed by atoms with Crippen molar-refractivity contribution < 1.29 is 4.79 Å². The first-order valence-corrected chi connectivity index (χ1v) is 9.84. The number of hydrogen-bond donors (Lipinski definition) is 1. The van der Waals surface area contributed by atoms with E-state index >= 15 is 0 Å². The van der Waals surface area contributed by atoms with Gasteiger partial charge in [-0.1, -0.05) is 18.2 Å². The summed E-state index contributed by atoms with van der Waals surface area (Å²) in [7, 11) is 4.46. The second kappa shape index (κ2) is 7.57. The quantitative estimate of drug-likeness (QED) is 0.900. The van der Waals surface area contributed by atoms with Gasteiger partial charge < -0.3 is 15.1 Å². The Hall–Kier alpha value is -1.59. The maximum atomic E-state index is 13.0. The first-order chi connectivity index (χ1) is 12.3. The maximum absolute atomic E-state index is 13.0. The fraction of sp³-hybridized carbons (Fsp3) is 0.667. The maximum Gasteiger partial charge on any atom is 0.244 e. The summed E-state index contributed by atoms with van der Waals surface area (Å²) in [6.45, 7) is 11.2. The lowest BCUT2D eigenvalue weighted by Crippen LogP contribution is -2.64. The van der Waals surface area contributed by atoms with Crippen LogP contribution >= 0.6 is 0 Å². The summed E-state index contributed by atoms with van der Waals surface area (Å²) in [5.74, 6) is 0.217. The predicted octanol–water partition coefficient (Wildman–Crippen LogP) is 2.34. The number of para-hydroxylation sites is 1. The van der Waals surface area contributed by atoms with Gasteiger partial charge in [0.25, 0.3) is 0 Å². The minimum Gasteiger partial charge on any atom is -0.373 e. The van der Waals surface area contributed by atoms with Gasteiger partial charge in [-0.3, -0.25) is 9.69 Å². The van der Waals surface area contributed by atoms with Gasteiger partial charge >= 0.3 is 0 Å². The zero-order valence-corrected chi connectivity index (χ0v) is 17.0. The smallest absolute Gasteiger partial charge is 0.244 e. The van der Waals surface area contributed by atoms with E-state index in [1.165, 1.54) is 11.1 Å². The molecule has 144 valence electrons. The fourth-order valence-electron chi connectivity index (χ4n) is 4.54. The zero-order valence-electron chi connectivity index (χ0n) is 17.0. The van der Waals surface area contributed by atoms with E-state index in [4.69, 9.17) is 0 Å². The number of carbonyl (C=O) groups excluding carboxylic acids is 1. The highest BCUT2D eigenvalue weighted by atomic mass is 16.2. The number of nitrogens with zero attached hydrogens (tertiary/aromatic N) is 3. The molecule has 1 spiro atoms. The molecule has 1 aromatic rings. The van der Waals surface area contributed by atoms with Crippen molar-refractivity contribution in [2.24, 2.45) is 0 Å². The number of anilines is 1. The van der Waals surface area contributed by atoms with Crippen LogP contribution in [0.1, 0.15) is 30.9 Å². The number of piperazine rings is 1. The van der Waals surface area contributed by atoms with Crippen LogP contribution in [0.5, 0.6) is 0 Å². The molecule has 1 amide bonds. The first kappa shape index (κ1) is 19.2. The number of hydrogen-bond acceptors (Lipinski definition) is 4. The Morgan fingerprint density at radius 1 is 1.08 bits per heavy atom. The van der Waals surface area contributed by atoms with Crippen LogP contribution in [0.3, 0.4) is 0 Å². The van der Waals surface area contributed by atoms with Crippen molar-refractivity contribution in [2.45, 2.75) is 45.2 Å². The number of benzene rings is 1. The molecular formula is C21H34N4O. The largest absolute Gasteiger partial charge is 0.373 e. The van der Waals surface area contributed by atoms with Crippen molar-refractivity contribution >= 4 is 11.6 Å². The highest BCUT2D eigenvalue weighted by Crippen LogP contribution is 2.31. The number of aryl methyl sites for hydroxylation is 2. The Balaban J connectivity index is 1.61. The molecular weight excluding hydrogens is 324 g/mol. The van der Waals surface area contributed by atoms with E-state index in [0.717, 1.165) is 51.3 Å². The molecule has 26 heavy (non-hydrogen) atoms. The van der Waals surface area contributed by atoms with Gasteiger partial charge in [-0.2, -0.15) is 0 Å². The number of carbonyl (C=O) groups is 1. The number of piperidine rings is 1. The Morgan fingerprint density at radius 2 is 1.69 bits per heavy atom. The van der Waals surface area contributed by atoms with Crippen molar-refractivity contribution in [1.29, 1.82) is 0 Å². The van der Waals surface area contributed by atoms with Gasteiger partial charge in [-0.25, -0.2) is 0 Å². The van der Waals surface area contributed by atoms with Crippen LogP contribution in [0.25, 0.3) is 0 Å². The van der Waals surface area contributed by atoms with Crippen LogP contribution in [0.15, 0.2) is 18.2 Å². The monoisotopic (exact) mass is 358 g/mol. The fourth-order valence-corrected chi connectivity index (χ4v) is 4.54. The van der Waals surface area contributed by atoms with E-state index in [1.807, 2.05) is 6.92 Å².